The number of nitrogens with zero attached hydrogens (tertiary/aromatic N) is 2. The van der Waals surface area contributed by atoms with Gasteiger partial charge in [-0.05, 0) is 38.8 Å². The zero-order valence-corrected chi connectivity index (χ0v) is 12.2. The topological polar surface area (TPSA) is 32.8 Å². The standard InChI is InChI=1S/C14H28N2O2/c1-4-5-8-15(2)11-13-6-9-16(10-7-13)14(17)12-18-3/h13H,4-12H2,1-3H3. The minimum Gasteiger partial charge on any atom is -0.375 e. The van der Waals surface area contributed by atoms with Crippen LogP contribution in [0.1, 0.15) is 32.6 Å². The zero-order valence-electron chi connectivity index (χ0n) is 12.2. The summed E-state index contributed by atoms with van der Waals surface area (Å²) in [4.78, 5) is 16.0. The summed E-state index contributed by atoms with van der Waals surface area (Å²) in [7, 11) is 3.78. The molecule has 1 saturated heterocycles. The number of hydrogen-bond acceptors (Lipinski definition) is 3. The maximum atomic E-state index is 11.7. The zero-order chi connectivity index (χ0) is 13.4. The number of unbranched alkanes of at least 4 members (excludes halogenated alkanes) is 1. The second-order valence-corrected chi connectivity index (χ2v) is 5.37. The van der Waals surface area contributed by atoms with E-state index in [1.54, 1.807) is 7.11 Å². The van der Waals surface area contributed by atoms with Crippen molar-refractivity contribution in [1.82, 2.24) is 9.80 Å². The third-order valence-corrected chi connectivity index (χ3v) is 3.70. The summed E-state index contributed by atoms with van der Waals surface area (Å²) >= 11 is 0. The highest BCUT2D eigenvalue weighted by atomic mass is 16.5. The highest BCUT2D eigenvalue weighted by Gasteiger charge is 2.23. The number of methoxy groups -OCH3 is 1. The van der Waals surface area contributed by atoms with E-state index in [1.165, 1.54) is 25.9 Å². The van der Waals surface area contributed by atoms with Crippen LogP contribution in [0.2, 0.25) is 0 Å². The molecule has 0 aromatic rings. The van der Waals surface area contributed by atoms with E-state index in [1.807, 2.05) is 4.90 Å². The Kier molecular flexibility index (Phi) is 7.28. The van der Waals surface area contributed by atoms with Crippen LogP contribution in [-0.2, 0) is 9.53 Å². The van der Waals surface area contributed by atoms with Gasteiger partial charge in [-0.25, -0.2) is 0 Å². The lowest BCUT2D eigenvalue weighted by Crippen LogP contribution is -2.42. The van der Waals surface area contributed by atoms with Gasteiger partial charge in [0, 0.05) is 26.7 Å². The molecule has 1 aliphatic rings. The predicted molar refractivity (Wildman–Crippen MR) is 73.6 cm³/mol. The molecule has 0 radical (unpaired) electrons. The van der Waals surface area contributed by atoms with E-state index in [4.69, 9.17) is 4.74 Å². The van der Waals surface area contributed by atoms with E-state index in [2.05, 4.69) is 18.9 Å². The lowest BCUT2D eigenvalue weighted by Gasteiger charge is -2.33. The summed E-state index contributed by atoms with van der Waals surface area (Å²) in [6.07, 6.45) is 4.80. The first kappa shape index (κ1) is 15.4. The van der Waals surface area contributed by atoms with Crippen molar-refractivity contribution >= 4 is 5.91 Å². The summed E-state index contributed by atoms with van der Waals surface area (Å²) in [5.41, 5.74) is 0. The molecular formula is C14H28N2O2. The number of carbonyl (C=O) groups is 1. The lowest BCUT2D eigenvalue weighted by atomic mass is 9.96. The van der Waals surface area contributed by atoms with Gasteiger partial charge in [-0.1, -0.05) is 13.3 Å². The maximum Gasteiger partial charge on any atom is 0.248 e. The van der Waals surface area contributed by atoms with Gasteiger partial charge in [0.05, 0.1) is 0 Å². The van der Waals surface area contributed by atoms with Crippen LogP contribution in [0.15, 0.2) is 0 Å². The van der Waals surface area contributed by atoms with E-state index in [-0.39, 0.29) is 12.5 Å². The third kappa shape index (κ3) is 5.36. The molecule has 0 bridgehead atoms. The van der Waals surface area contributed by atoms with Gasteiger partial charge in [0.1, 0.15) is 6.61 Å². The summed E-state index contributed by atoms with van der Waals surface area (Å²) in [6.45, 7) is 6.61. The molecule has 1 heterocycles. The van der Waals surface area contributed by atoms with Gasteiger partial charge in [-0.2, -0.15) is 0 Å². The SMILES string of the molecule is CCCCN(C)CC1CCN(C(=O)COC)CC1. The second-order valence-electron chi connectivity index (χ2n) is 5.37. The van der Waals surface area contributed by atoms with Gasteiger partial charge in [-0.15, -0.1) is 0 Å². The fraction of sp³-hybridized carbons (Fsp3) is 0.929. The molecule has 0 unspecified atom stereocenters. The molecule has 1 rings (SSSR count). The van der Waals surface area contributed by atoms with Gasteiger partial charge in [0.15, 0.2) is 0 Å². The first-order valence-electron chi connectivity index (χ1n) is 7.12. The van der Waals surface area contributed by atoms with E-state index in [0.29, 0.717) is 0 Å². The second kappa shape index (κ2) is 8.48. The Hall–Kier alpha value is -0.610. The Balaban J connectivity index is 2.20. The minimum absolute atomic E-state index is 0.135. The van der Waals surface area contributed by atoms with Crippen LogP contribution in [0, 0.1) is 5.92 Å². The summed E-state index contributed by atoms with van der Waals surface area (Å²) in [6, 6.07) is 0. The molecule has 1 aliphatic heterocycles. The molecule has 4 nitrogen and oxygen atoms in total. The molecule has 0 aromatic heterocycles. The van der Waals surface area contributed by atoms with E-state index >= 15 is 0 Å². The Labute approximate surface area is 111 Å². The Morgan fingerprint density at radius 3 is 2.61 bits per heavy atom. The third-order valence-electron chi connectivity index (χ3n) is 3.70. The van der Waals surface area contributed by atoms with Gasteiger partial charge in [-0.3, -0.25) is 4.79 Å². The van der Waals surface area contributed by atoms with E-state index in [0.717, 1.165) is 31.8 Å². The molecule has 0 saturated carbocycles. The molecule has 0 atom stereocenters. The molecular weight excluding hydrogens is 228 g/mol. The van der Waals surface area contributed by atoms with Crippen molar-refractivity contribution in [3.63, 3.8) is 0 Å². The maximum absolute atomic E-state index is 11.7. The van der Waals surface area contributed by atoms with E-state index in [9.17, 15) is 4.79 Å². The fourth-order valence-corrected chi connectivity index (χ4v) is 2.54. The van der Waals surface area contributed by atoms with Gasteiger partial charge in [0.2, 0.25) is 5.91 Å². The average molecular weight is 256 g/mol. The first-order valence-corrected chi connectivity index (χ1v) is 7.12. The van der Waals surface area contributed by atoms with Crippen LogP contribution in [-0.4, -0.2) is 62.7 Å². The number of ether oxygens (including phenoxy) is 1. The fourth-order valence-electron chi connectivity index (χ4n) is 2.54. The molecule has 4 heteroatoms. The van der Waals surface area contributed by atoms with Gasteiger partial charge >= 0.3 is 0 Å². The largest absolute Gasteiger partial charge is 0.375 e. The molecule has 106 valence electrons. The van der Waals surface area contributed by atoms with Gasteiger partial charge in [0.25, 0.3) is 0 Å². The molecule has 1 amide bonds. The molecule has 0 N–H and O–H groups in total. The van der Waals surface area contributed by atoms with Crippen LogP contribution in [0.3, 0.4) is 0 Å². The van der Waals surface area contributed by atoms with Crippen LogP contribution in [0.5, 0.6) is 0 Å². The monoisotopic (exact) mass is 256 g/mol. The first-order chi connectivity index (χ1) is 8.67. The number of amides is 1. The number of piperidine rings is 1. The van der Waals surface area contributed by atoms with Crippen molar-refractivity contribution in [1.29, 1.82) is 0 Å². The number of likely N-dealkylation sites (tertiary alicyclic amines) is 1. The normalized spacial score (nSPS) is 17.4. The minimum atomic E-state index is 0.135. The smallest absolute Gasteiger partial charge is 0.248 e. The molecule has 0 aliphatic carbocycles. The van der Waals surface area contributed by atoms with Crippen LogP contribution in [0.4, 0.5) is 0 Å². The molecule has 0 aromatic carbocycles. The lowest BCUT2D eigenvalue weighted by molar-refractivity contribution is -0.136. The van der Waals surface area contributed by atoms with Crippen molar-refractivity contribution < 1.29 is 9.53 Å². The molecule has 0 spiro atoms. The van der Waals surface area contributed by atoms with Gasteiger partial charge < -0.3 is 14.5 Å². The molecule has 1 fully saturated rings. The van der Waals surface area contributed by atoms with Crippen LogP contribution in [0.25, 0.3) is 0 Å². The predicted octanol–water partition coefficient (Wildman–Crippen LogP) is 1.60. The van der Waals surface area contributed by atoms with E-state index < -0.39 is 0 Å². The van der Waals surface area contributed by atoms with Crippen molar-refractivity contribution in [2.24, 2.45) is 5.92 Å². The summed E-state index contributed by atoms with van der Waals surface area (Å²) in [5.74, 6) is 0.883. The number of rotatable bonds is 7. The number of carbonyl (C=O) groups excluding carboxylic acids is 1. The Morgan fingerprint density at radius 2 is 2.06 bits per heavy atom. The quantitative estimate of drug-likeness (QED) is 0.693. The van der Waals surface area contributed by atoms with Crippen molar-refractivity contribution in [2.45, 2.75) is 32.6 Å². The van der Waals surface area contributed by atoms with Crippen molar-refractivity contribution in [3.05, 3.63) is 0 Å². The van der Waals surface area contributed by atoms with Crippen LogP contribution < -0.4 is 0 Å². The average Bonchev–Trinajstić information content (AvgIpc) is 2.37. The highest BCUT2D eigenvalue weighted by molar-refractivity contribution is 5.77. The molecule has 18 heavy (non-hydrogen) atoms. The van der Waals surface area contributed by atoms with Crippen molar-refractivity contribution in [2.75, 3.05) is 46.9 Å². The Bertz CT molecular complexity index is 238. The summed E-state index contributed by atoms with van der Waals surface area (Å²) in [5, 5.41) is 0. The summed E-state index contributed by atoms with van der Waals surface area (Å²) < 4.78 is 4.89. The van der Waals surface area contributed by atoms with Crippen LogP contribution >= 0.6 is 0 Å². The van der Waals surface area contributed by atoms with Crippen molar-refractivity contribution in [3.8, 4) is 0 Å². The Morgan fingerprint density at radius 1 is 1.39 bits per heavy atom. The number of hydrogen-bond donors (Lipinski definition) is 0. The highest BCUT2D eigenvalue weighted by Crippen LogP contribution is 2.18.